The van der Waals surface area contributed by atoms with E-state index in [1.807, 2.05) is 0 Å². The number of nitrogens with one attached hydrogen (secondary N) is 1. The van der Waals surface area contributed by atoms with E-state index in [0.29, 0.717) is 27.4 Å². The molecule has 0 fully saturated rings. The highest BCUT2D eigenvalue weighted by molar-refractivity contribution is 7.17. The number of aromatic nitrogens is 2. The van der Waals surface area contributed by atoms with E-state index in [4.69, 9.17) is 9.47 Å². The molecule has 2 aromatic heterocycles. The molecule has 8 nitrogen and oxygen atoms in total. The first kappa shape index (κ1) is 17.7. The maximum absolute atomic E-state index is 12.5. The lowest BCUT2D eigenvalue weighted by molar-refractivity contribution is -0.116. The second-order valence-corrected chi connectivity index (χ2v) is 6.43. The lowest BCUT2D eigenvalue weighted by Gasteiger charge is -2.12. The number of amides is 1. The van der Waals surface area contributed by atoms with Gasteiger partial charge in [0.25, 0.3) is 5.56 Å². The molecule has 0 saturated heterocycles. The van der Waals surface area contributed by atoms with E-state index in [0.717, 1.165) is 4.57 Å². The second-order valence-electron chi connectivity index (χ2n) is 5.52. The predicted octanol–water partition coefficient (Wildman–Crippen LogP) is 1.42. The zero-order valence-electron chi connectivity index (χ0n) is 14.4. The molecule has 26 heavy (non-hydrogen) atoms. The third kappa shape index (κ3) is 3.21. The van der Waals surface area contributed by atoms with Gasteiger partial charge in [0.2, 0.25) is 5.91 Å². The summed E-state index contributed by atoms with van der Waals surface area (Å²) in [5.74, 6) is 0.645. The molecule has 0 aliphatic rings. The van der Waals surface area contributed by atoms with Gasteiger partial charge in [0, 0.05) is 30.9 Å². The van der Waals surface area contributed by atoms with E-state index in [1.165, 1.54) is 37.2 Å². The first-order valence-corrected chi connectivity index (χ1v) is 8.52. The van der Waals surface area contributed by atoms with Gasteiger partial charge in [0.05, 0.1) is 19.7 Å². The van der Waals surface area contributed by atoms with Gasteiger partial charge in [-0.3, -0.25) is 18.7 Å². The zero-order chi connectivity index (χ0) is 18.8. The molecule has 1 aromatic carbocycles. The molecule has 0 saturated carbocycles. The van der Waals surface area contributed by atoms with Crippen LogP contribution < -0.4 is 26.0 Å². The normalized spacial score (nSPS) is 10.7. The van der Waals surface area contributed by atoms with Gasteiger partial charge in [0.1, 0.15) is 22.7 Å². The molecule has 0 unspecified atom stereocenters. The Hall–Kier alpha value is -3.07. The van der Waals surface area contributed by atoms with Crippen LogP contribution in [0.5, 0.6) is 11.5 Å². The molecule has 2 heterocycles. The van der Waals surface area contributed by atoms with Crippen LogP contribution in [0.25, 0.3) is 10.2 Å². The van der Waals surface area contributed by atoms with Gasteiger partial charge in [-0.15, -0.1) is 11.3 Å². The van der Waals surface area contributed by atoms with E-state index in [2.05, 4.69) is 5.32 Å². The summed E-state index contributed by atoms with van der Waals surface area (Å²) in [7, 11) is 4.42. The highest BCUT2D eigenvalue weighted by Crippen LogP contribution is 2.25. The number of nitrogens with zero attached hydrogens (tertiary/aromatic N) is 2. The van der Waals surface area contributed by atoms with Crippen molar-refractivity contribution in [2.75, 3.05) is 19.5 Å². The molecule has 1 amide bonds. The number of ether oxygens (including phenoxy) is 2. The van der Waals surface area contributed by atoms with Crippen molar-refractivity contribution in [2.24, 2.45) is 7.05 Å². The van der Waals surface area contributed by atoms with Crippen LogP contribution in [0.3, 0.4) is 0 Å². The second kappa shape index (κ2) is 7.04. The summed E-state index contributed by atoms with van der Waals surface area (Å²) in [6, 6.07) is 6.63. The fourth-order valence-electron chi connectivity index (χ4n) is 2.57. The molecule has 0 aliphatic heterocycles. The van der Waals surface area contributed by atoms with Crippen molar-refractivity contribution in [3.05, 3.63) is 50.5 Å². The van der Waals surface area contributed by atoms with Crippen LogP contribution >= 0.6 is 11.3 Å². The largest absolute Gasteiger partial charge is 0.497 e. The summed E-state index contributed by atoms with van der Waals surface area (Å²) in [6.07, 6.45) is 0. The van der Waals surface area contributed by atoms with Crippen LogP contribution in [0.2, 0.25) is 0 Å². The van der Waals surface area contributed by atoms with Gasteiger partial charge in [0.15, 0.2) is 0 Å². The zero-order valence-corrected chi connectivity index (χ0v) is 15.3. The van der Waals surface area contributed by atoms with Crippen molar-refractivity contribution in [3.63, 3.8) is 0 Å². The number of rotatable bonds is 5. The number of anilines is 1. The Balaban J connectivity index is 1.92. The molecule has 0 spiro atoms. The number of carbonyl (C=O) groups is 1. The highest BCUT2D eigenvalue weighted by Gasteiger charge is 2.15. The first-order valence-electron chi connectivity index (χ1n) is 7.64. The van der Waals surface area contributed by atoms with Crippen LogP contribution in [0, 0.1) is 0 Å². The maximum atomic E-state index is 12.5. The van der Waals surface area contributed by atoms with Gasteiger partial charge in [-0.25, -0.2) is 4.79 Å². The van der Waals surface area contributed by atoms with Crippen LogP contribution in [0.4, 0.5) is 5.69 Å². The molecule has 0 radical (unpaired) electrons. The molecular weight excluding hydrogens is 358 g/mol. The van der Waals surface area contributed by atoms with Gasteiger partial charge in [-0.1, -0.05) is 0 Å². The van der Waals surface area contributed by atoms with Gasteiger partial charge in [-0.2, -0.15) is 0 Å². The molecular formula is C17H17N3O5S. The Kier molecular flexibility index (Phi) is 4.81. The van der Waals surface area contributed by atoms with Crippen LogP contribution in [0.15, 0.2) is 39.2 Å². The van der Waals surface area contributed by atoms with Crippen molar-refractivity contribution >= 4 is 33.1 Å². The lowest BCUT2D eigenvalue weighted by atomic mass is 10.2. The van der Waals surface area contributed by atoms with Crippen LogP contribution in [-0.2, 0) is 18.4 Å². The Morgan fingerprint density at radius 2 is 1.81 bits per heavy atom. The summed E-state index contributed by atoms with van der Waals surface area (Å²) in [5, 5.41) is 4.43. The molecule has 0 bridgehead atoms. The van der Waals surface area contributed by atoms with Crippen molar-refractivity contribution < 1.29 is 14.3 Å². The van der Waals surface area contributed by atoms with E-state index in [1.54, 1.807) is 29.6 Å². The summed E-state index contributed by atoms with van der Waals surface area (Å²) < 4.78 is 13.1. The predicted molar refractivity (Wildman–Crippen MR) is 99.5 cm³/mol. The quantitative estimate of drug-likeness (QED) is 0.728. The van der Waals surface area contributed by atoms with Gasteiger partial charge >= 0.3 is 5.69 Å². The van der Waals surface area contributed by atoms with Gasteiger partial charge < -0.3 is 14.8 Å². The molecule has 136 valence electrons. The average molecular weight is 375 g/mol. The molecule has 1 N–H and O–H groups in total. The number of hydrogen-bond acceptors (Lipinski definition) is 6. The van der Waals surface area contributed by atoms with E-state index in [-0.39, 0.29) is 12.1 Å². The first-order chi connectivity index (χ1) is 12.4. The monoisotopic (exact) mass is 375 g/mol. The Bertz CT molecular complexity index is 1070. The molecule has 3 aromatic rings. The lowest BCUT2D eigenvalue weighted by Crippen LogP contribution is -2.39. The van der Waals surface area contributed by atoms with Crippen molar-refractivity contribution in [1.82, 2.24) is 9.13 Å². The number of hydrogen-bond donors (Lipinski definition) is 1. The number of fused-ring (bicyclic) bond motifs is 1. The molecule has 3 rings (SSSR count). The number of thiophene rings is 1. The maximum Gasteiger partial charge on any atom is 0.331 e. The SMILES string of the molecule is COc1cc(NC(=O)Cn2c(=O)n(C)c(=O)c3sccc32)cc(OC)c1. The van der Waals surface area contributed by atoms with Crippen molar-refractivity contribution in [3.8, 4) is 11.5 Å². The van der Waals surface area contributed by atoms with Crippen LogP contribution in [0.1, 0.15) is 0 Å². The van der Waals surface area contributed by atoms with Crippen molar-refractivity contribution in [1.29, 1.82) is 0 Å². The fourth-order valence-corrected chi connectivity index (χ4v) is 3.44. The van der Waals surface area contributed by atoms with Crippen molar-refractivity contribution in [2.45, 2.75) is 6.54 Å². The standard InChI is InChI=1S/C17H17N3O5S/c1-19-16(22)15-13(4-5-26-15)20(17(19)23)9-14(21)18-10-6-11(24-2)8-12(7-10)25-3/h4-8H,9H2,1-3H3,(H,18,21). The number of benzene rings is 1. The van der Waals surface area contributed by atoms with Gasteiger partial charge in [-0.05, 0) is 11.4 Å². The molecule has 0 atom stereocenters. The Labute approximate surface area is 152 Å². The topological polar surface area (TPSA) is 91.6 Å². The Morgan fingerprint density at radius 1 is 1.15 bits per heavy atom. The summed E-state index contributed by atoms with van der Waals surface area (Å²) in [6.45, 7) is -0.223. The van der Waals surface area contributed by atoms with E-state index < -0.39 is 11.6 Å². The van der Waals surface area contributed by atoms with E-state index >= 15 is 0 Å². The number of carbonyl (C=O) groups excluding carboxylic acids is 1. The minimum atomic E-state index is -0.542. The number of methoxy groups -OCH3 is 2. The minimum absolute atomic E-state index is 0.223. The summed E-state index contributed by atoms with van der Waals surface area (Å²) in [5.41, 5.74) is 0.0144. The molecule has 9 heteroatoms. The average Bonchev–Trinajstić information content (AvgIpc) is 3.12. The van der Waals surface area contributed by atoms with Crippen LogP contribution in [-0.4, -0.2) is 29.3 Å². The fraction of sp³-hybridized carbons (Fsp3) is 0.235. The highest BCUT2D eigenvalue weighted by atomic mass is 32.1. The molecule has 0 aliphatic carbocycles. The van der Waals surface area contributed by atoms with E-state index in [9.17, 15) is 14.4 Å². The summed E-state index contributed by atoms with van der Waals surface area (Å²) >= 11 is 1.23. The smallest absolute Gasteiger partial charge is 0.331 e. The third-order valence-corrected chi connectivity index (χ3v) is 4.78. The summed E-state index contributed by atoms with van der Waals surface area (Å²) in [4.78, 5) is 37.0. The Morgan fingerprint density at radius 3 is 2.42 bits per heavy atom. The third-order valence-electron chi connectivity index (χ3n) is 3.89. The minimum Gasteiger partial charge on any atom is -0.497 e.